The fraction of sp³-hybridized carbons (Fsp3) is 0.480. The summed E-state index contributed by atoms with van der Waals surface area (Å²) in [6, 6.07) is 16.2. The molecule has 2 aromatic rings. The van der Waals surface area contributed by atoms with E-state index in [4.69, 9.17) is 11.6 Å². The number of hydrogen-bond donors (Lipinski definition) is 1. The molecule has 29 heavy (non-hydrogen) atoms. The maximum absolute atomic E-state index is 12.9. The topological polar surface area (TPSA) is 40.5 Å². The summed E-state index contributed by atoms with van der Waals surface area (Å²) in [6.45, 7) is 7.45. The fourth-order valence-corrected chi connectivity index (χ4v) is 4.46. The van der Waals surface area contributed by atoms with Crippen molar-refractivity contribution in [1.82, 2.24) is 4.90 Å². The number of carbonyl (C=O) groups is 1. The van der Waals surface area contributed by atoms with Crippen molar-refractivity contribution in [3.63, 3.8) is 0 Å². The summed E-state index contributed by atoms with van der Waals surface area (Å²) in [6.07, 6.45) is 2.16. The Hall–Kier alpha value is -1.68. The predicted molar refractivity (Wildman–Crippen MR) is 119 cm³/mol. The number of Topliss-reactive ketones (excluding diaryl/α,β-unsaturated/α-hetero) is 1. The summed E-state index contributed by atoms with van der Waals surface area (Å²) in [5, 5.41) is 11.1. The number of ketones is 1. The van der Waals surface area contributed by atoms with Crippen LogP contribution in [0.5, 0.6) is 0 Å². The molecule has 1 fully saturated rings. The molecule has 1 aliphatic carbocycles. The number of rotatable bonds is 8. The molecule has 0 amide bonds. The van der Waals surface area contributed by atoms with Gasteiger partial charge in [0.1, 0.15) is 5.78 Å². The molecule has 3 unspecified atom stereocenters. The summed E-state index contributed by atoms with van der Waals surface area (Å²) < 4.78 is 0. The molecule has 0 bridgehead atoms. The lowest BCUT2D eigenvalue weighted by Gasteiger charge is -2.33. The normalized spacial score (nSPS) is 22.0. The molecule has 3 atom stereocenters. The monoisotopic (exact) mass is 413 g/mol. The van der Waals surface area contributed by atoms with Crippen molar-refractivity contribution in [2.24, 2.45) is 5.92 Å². The van der Waals surface area contributed by atoms with Crippen molar-refractivity contribution >= 4 is 17.4 Å². The lowest BCUT2D eigenvalue weighted by atomic mass is 9.74. The number of nitrogens with zero attached hydrogens (tertiary/aromatic N) is 1. The summed E-state index contributed by atoms with van der Waals surface area (Å²) in [5.41, 5.74) is 3.56. The zero-order valence-electron chi connectivity index (χ0n) is 17.5. The number of aliphatic hydroxyl groups excluding tert-OH is 1. The van der Waals surface area contributed by atoms with E-state index < -0.39 is 6.10 Å². The summed E-state index contributed by atoms with van der Waals surface area (Å²) in [5.74, 6) is 0.169. The molecule has 0 aliphatic heterocycles. The molecule has 3 rings (SSSR count). The van der Waals surface area contributed by atoms with Gasteiger partial charge in [-0.2, -0.15) is 0 Å². The number of hydrogen-bond acceptors (Lipinski definition) is 3. The van der Waals surface area contributed by atoms with Crippen molar-refractivity contribution in [1.29, 1.82) is 0 Å². The van der Waals surface area contributed by atoms with Crippen molar-refractivity contribution < 1.29 is 9.90 Å². The molecule has 0 spiro atoms. The van der Waals surface area contributed by atoms with E-state index in [2.05, 4.69) is 43.0 Å². The first-order chi connectivity index (χ1) is 14.0. The fourth-order valence-electron chi connectivity index (χ4n) is 4.34. The van der Waals surface area contributed by atoms with E-state index in [-0.39, 0.29) is 11.7 Å². The Morgan fingerprint density at radius 2 is 1.62 bits per heavy atom. The highest BCUT2D eigenvalue weighted by atomic mass is 35.5. The summed E-state index contributed by atoms with van der Waals surface area (Å²) in [7, 11) is 0. The molecular formula is C25H32ClNO2. The van der Waals surface area contributed by atoms with E-state index in [0.717, 1.165) is 38.0 Å². The Bertz CT molecular complexity index is 783. The van der Waals surface area contributed by atoms with Gasteiger partial charge in [0.2, 0.25) is 0 Å². The van der Waals surface area contributed by atoms with Crippen molar-refractivity contribution in [3.05, 3.63) is 70.2 Å². The quantitative estimate of drug-likeness (QED) is 0.643. The third-order valence-electron chi connectivity index (χ3n) is 6.27. The average Bonchev–Trinajstić information content (AvgIpc) is 2.74. The highest BCUT2D eigenvalue weighted by Crippen LogP contribution is 2.37. The Morgan fingerprint density at radius 1 is 1.00 bits per heavy atom. The third-order valence-corrected chi connectivity index (χ3v) is 6.52. The standard InChI is InChI=1S/C25H32ClNO2/c1-3-27(4-2)17-19-5-9-20(10-6-19)21-11-14-24(28)23(16-21)25(29)15-18-7-12-22(26)13-8-18/h5-10,12-13,21,23-24,28H,3-4,11,14-17H2,1-2H3. The molecule has 1 saturated carbocycles. The van der Waals surface area contributed by atoms with Crippen molar-refractivity contribution in [3.8, 4) is 0 Å². The second kappa shape index (κ2) is 10.4. The van der Waals surface area contributed by atoms with Crippen LogP contribution in [0.15, 0.2) is 48.5 Å². The van der Waals surface area contributed by atoms with Gasteiger partial charge in [-0.25, -0.2) is 0 Å². The van der Waals surface area contributed by atoms with E-state index in [9.17, 15) is 9.90 Å². The molecule has 4 heteroatoms. The minimum atomic E-state index is -0.534. The van der Waals surface area contributed by atoms with Crippen LogP contribution in [0.2, 0.25) is 5.02 Å². The lowest BCUT2D eigenvalue weighted by Crippen LogP contribution is -2.35. The van der Waals surface area contributed by atoms with Crippen LogP contribution in [-0.4, -0.2) is 35.0 Å². The highest BCUT2D eigenvalue weighted by molar-refractivity contribution is 6.30. The molecule has 0 aromatic heterocycles. The van der Waals surface area contributed by atoms with Crippen LogP contribution in [0, 0.1) is 5.92 Å². The number of halogens is 1. The smallest absolute Gasteiger partial charge is 0.142 e. The van der Waals surface area contributed by atoms with E-state index >= 15 is 0 Å². The molecule has 3 nitrogen and oxygen atoms in total. The van der Waals surface area contributed by atoms with E-state index in [0.29, 0.717) is 23.8 Å². The van der Waals surface area contributed by atoms with E-state index in [1.807, 2.05) is 24.3 Å². The zero-order valence-corrected chi connectivity index (χ0v) is 18.2. The van der Waals surface area contributed by atoms with Crippen molar-refractivity contribution in [2.45, 2.75) is 58.1 Å². The minimum absolute atomic E-state index is 0.127. The third kappa shape index (κ3) is 5.91. The maximum atomic E-state index is 12.9. The Balaban J connectivity index is 1.64. The largest absolute Gasteiger partial charge is 0.392 e. The number of benzene rings is 2. The molecule has 0 radical (unpaired) electrons. The van der Waals surface area contributed by atoms with Crippen LogP contribution in [0.3, 0.4) is 0 Å². The van der Waals surface area contributed by atoms with Gasteiger partial charge in [0.25, 0.3) is 0 Å². The molecule has 2 aromatic carbocycles. The van der Waals surface area contributed by atoms with Crippen LogP contribution in [0.4, 0.5) is 0 Å². The molecule has 1 N–H and O–H groups in total. The number of aliphatic hydroxyl groups is 1. The van der Waals surface area contributed by atoms with E-state index in [1.54, 1.807) is 0 Å². The first-order valence-corrected chi connectivity index (χ1v) is 11.1. The lowest BCUT2D eigenvalue weighted by molar-refractivity contribution is -0.127. The van der Waals surface area contributed by atoms with E-state index in [1.165, 1.54) is 11.1 Å². The van der Waals surface area contributed by atoms with Crippen molar-refractivity contribution in [2.75, 3.05) is 13.1 Å². The molecule has 0 saturated heterocycles. The van der Waals surface area contributed by atoms with Gasteiger partial charge in [-0.3, -0.25) is 9.69 Å². The van der Waals surface area contributed by atoms with Crippen LogP contribution < -0.4 is 0 Å². The minimum Gasteiger partial charge on any atom is -0.392 e. The van der Waals surface area contributed by atoms with Crippen LogP contribution >= 0.6 is 11.6 Å². The molecular weight excluding hydrogens is 382 g/mol. The molecule has 156 valence electrons. The van der Waals surface area contributed by atoms with Gasteiger partial charge >= 0.3 is 0 Å². The Kier molecular flexibility index (Phi) is 7.88. The Morgan fingerprint density at radius 3 is 2.24 bits per heavy atom. The van der Waals surface area contributed by atoms with Gasteiger partial charge in [0.05, 0.1) is 6.10 Å². The van der Waals surface area contributed by atoms with Gasteiger partial charge in [0, 0.05) is 23.9 Å². The van der Waals surface area contributed by atoms with Gasteiger partial charge in [0.15, 0.2) is 0 Å². The first kappa shape index (κ1) is 22.0. The Labute approximate surface area is 179 Å². The van der Waals surface area contributed by atoms with Gasteiger partial charge in [-0.1, -0.05) is 61.8 Å². The average molecular weight is 414 g/mol. The van der Waals surface area contributed by atoms with Crippen LogP contribution in [0.1, 0.15) is 55.7 Å². The second-order valence-electron chi connectivity index (χ2n) is 8.16. The van der Waals surface area contributed by atoms with Gasteiger partial charge < -0.3 is 5.11 Å². The first-order valence-electron chi connectivity index (χ1n) is 10.8. The second-order valence-corrected chi connectivity index (χ2v) is 8.59. The maximum Gasteiger partial charge on any atom is 0.142 e. The SMILES string of the molecule is CCN(CC)Cc1ccc(C2CCC(O)C(C(=O)Cc3ccc(Cl)cc3)C2)cc1. The van der Waals surface area contributed by atoms with Gasteiger partial charge in [-0.15, -0.1) is 0 Å². The van der Waals surface area contributed by atoms with Crippen LogP contribution in [-0.2, 0) is 17.8 Å². The van der Waals surface area contributed by atoms with Gasteiger partial charge in [-0.05, 0) is 67.1 Å². The molecule has 1 aliphatic rings. The number of carbonyl (C=O) groups excluding carboxylic acids is 1. The van der Waals surface area contributed by atoms with Crippen LogP contribution in [0.25, 0.3) is 0 Å². The molecule has 0 heterocycles. The summed E-state index contributed by atoms with van der Waals surface area (Å²) >= 11 is 5.93. The zero-order chi connectivity index (χ0) is 20.8. The highest BCUT2D eigenvalue weighted by Gasteiger charge is 2.34. The predicted octanol–water partition coefficient (Wildman–Crippen LogP) is 5.24. The summed E-state index contributed by atoms with van der Waals surface area (Å²) in [4.78, 5) is 15.3.